The lowest BCUT2D eigenvalue weighted by Gasteiger charge is -2.24. The number of Topliss-reactive ketones (excluding diaryl/α,β-unsaturated/α-hetero) is 1. The van der Waals surface area contributed by atoms with Crippen LogP contribution in [0.15, 0.2) is 97.1 Å². The minimum Gasteiger partial charge on any atom is -0.394 e. The molecule has 0 aliphatic heterocycles. The molecule has 4 aromatic rings. The molecule has 17 nitrogen and oxygen atoms in total. The molecule has 0 bridgehead atoms. The number of unbranched alkanes of at least 4 members (excludes halogenated alkanes) is 20. The van der Waals surface area contributed by atoms with Crippen molar-refractivity contribution in [1.29, 1.82) is 0 Å². The highest BCUT2D eigenvalue weighted by molar-refractivity contribution is 5.96. The fourth-order valence-electron chi connectivity index (χ4n) is 10.2. The Morgan fingerprint density at radius 1 is 0.427 bits per heavy atom. The number of ketones is 1. The maximum Gasteiger partial charge on any atom is 0.270 e. The molecule has 0 radical (unpaired) electrons. The Morgan fingerprint density at radius 2 is 0.730 bits per heavy atom. The predicted octanol–water partition coefficient (Wildman–Crippen LogP) is 14.9. The lowest BCUT2D eigenvalue weighted by molar-refractivity contribution is -0.580. The molecule has 4 rings (SSSR count). The van der Waals surface area contributed by atoms with Gasteiger partial charge >= 0.3 is 0 Å². The summed E-state index contributed by atoms with van der Waals surface area (Å²) in [6, 6.07) is 31.4. The summed E-state index contributed by atoms with van der Waals surface area (Å²) in [6.07, 6.45) is 34.4. The molecule has 0 aromatic heterocycles. The van der Waals surface area contributed by atoms with Crippen LogP contribution in [0.25, 0.3) is 0 Å². The van der Waals surface area contributed by atoms with Crippen LogP contribution in [0.5, 0.6) is 0 Å². The van der Waals surface area contributed by atoms with Crippen molar-refractivity contribution in [3.63, 3.8) is 0 Å². The van der Waals surface area contributed by atoms with E-state index in [1.54, 1.807) is 24.3 Å². The van der Waals surface area contributed by atoms with Crippen LogP contribution in [0, 0.1) is 30.3 Å². The summed E-state index contributed by atoms with van der Waals surface area (Å²) >= 11 is 0. The minimum absolute atomic E-state index is 0.0240. The van der Waals surface area contributed by atoms with Crippen molar-refractivity contribution >= 4 is 5.78 Å². The molecule has 0 aliphatic rings. The number of aryl methyl sites for hydroxylation is 5. The molecule has 8 N–H and O–H groups in total. The molecule has 2 atom stereocenters. The molecule has 0 aliphatic carbocycles. The van der Waals surface area contributed by atoms with Gasteiger partial charge in [0.2, 0.25) is 13.1 Å². The average Bonchev–Trinajstić information content (AvgIpc) is 2.94. The van der Waals surface area contributed by atoms with Crippen LogP contribution in [0.4, 0.5) is 0 Å². The van der Waals surface area contributed by atoms with Crippen molar-refractivity contribution in [3.05, 3.63) is 172 Å². The van der Waals surface area contributed by atoms with Crippen LogP contribution < -0.4 is 5.73 Å². The van der Waals surface area contributed by atoms with Gasteiger partial charge in [0.05, 0.1) is 43.8 Å². The second kappa shape index (κ2) is 51.1. The maximum atomic E-state index is 11.7. The van der Waals surface area contributed by atoms with Crippen molar-refractivity contribution in [3.8, 4) is 0 Å². The second-order valence-corrected chi connectivity index (χ2v) is 24.4. The maximum absolute atomic E-state index is 11.7. The van der Waals surface area contributed by atoms with E-state index in [1.807, 2.05) is 48.5 Å². The van der Waals surface area contributed by atoms with Gasteiger partial charge in [0, 0.05) is 26.8 Å². The van der Waals surface area contributed by atoms with E-state index in [-0.39, 0.29) is 51.3 Å². The van der Waals surface area contributed by atoms with Crippen molar-refractivity contribution in [2.24, 2.45) is 5.73 Å². The second-order valence-electron chi connectivity index (χ2n) is 24.4. The van der Waals surface area contributed by atoms with E-state index in [0.717, 1.165) is 44.1 Å². The number of hydrogen-bond acceptors (Lipinski definition) is 14. The number of aliphatic hydroxyl groups excluding tert-OH is 6. The van der Waals surface area contributed by atoms with E-state index in [0.29, 0.717) is 17.5 Å². The fourth-order valence-corrected chi connectivity index (χ4v) is 10.2. The zero-order chi connectivity index (χ0) is 66.0. The Hall–Kier alpha value is -5.53. The summed E-state index contributed by atoms with van der Waals surface area (Å²) in [5, 5.41) is 88.6. The van der Waals surface area contributed by atoms with Gasteiger partial charge in [-0.05, 0) is 103 Å². The SMILES string of the molecule is CCCCCCCCc1ccc(C(=O)CC[N+](=O)[O-])cc1.CCCCCCCCc1ccc(C(O)CC(CO)(CO)[N+](=O)[O-])cc1.CCCCCCCCc1ccc(C(O)CC[N+](=O)[O-])cc1.CCCCCCCCc1ccc(CCC(N)(CO)CO)cc1. The zero-order valence-corrected chi connectivity index (χ0v) is 54.9. The third-order valence-corrected chi connectivity index (χ3v) is 16.5. The first kappa shape index (κ1) is 81.5. The standard InChI is InChI=1S/C19H31NO5.C19H33NO2.C17H27NO3.C17H25NO3/c1-2-3-4-5-6-7-8-16-9-11-17(12-10-16)18(23)13-19(14-21,15-22)20(24)25;1-2-3-4-5-6-7-8-17-9-11-18(12-10-17)13-14-19(20,15-21)16-22;2*1-2-3-4-5-6-7-8-15-9-11-16(12-10-15)17(19)13-14-18(20)21/h9-12,18,21-23H,2-8,13-15H2,1H3;9-12,21-22H,2-8,13-16,20H2,1H3;9-12,17,19H,2-8,13-14H2,1H3;9-12H,2-8,13-14H2,1H3. The van der Waals surface area contributed by atoms with E-state index in [9.17, 15) is 65.8 Å². The van der Waals surface area contributed by atoms with E-state index in [1.165, 1.54) is 175 Å². The lowest BCUT2D eigenvalue weighted by atomic mass is 9.91. The molecular weight excluding hydrogens is 1130 g/mol. The van der Waals surface area contributed by atoms with Gasteiger partial charge in [-0.1, -0.05) is 253 Å². The monoisotopic (exact) mass is 1240 g/mol. The van der Waals surface area contributed by atoms with Gasteiger partial charge in [-0.2, -0.15) is 0 Å². The topological polar surface area (TPSA) is 294 Å². The number of carbonyl (C=O) groups excluding carboxylic acids is 1. The summed E-state index contributed by atoms with van der Waals surface area (Å²) in [5.74, 6) is -0.155. The van der Waals surface area contributed by atoms with Gasteiger partial charge in [0.25, 0.3) is 5.54 Å². The Morgan fingerprint density at radius 3 is 1.04 bits per heavy atom. The van der Waals surface area contributed by atoms with Gasteiger partial charge in [0.1, 0.15) is 13.2 Å². The molecule has 0 fully saturated rings. The highest BCUT2D eigenvalue weighted by atomic mass is 16.6. The fraction of sp³-hybridized carbons (Fsp3) is 0.653. The Balaban J connectivity index is 0.000000595. The van der Waals surface area contributed by atoms with Gasteiger partial charge in [0.15, 0.2) is 5.78 Å². The molecular formula is C72H116N4O13. The third kappa shape index (κ3) is 38.7. The first-order chi connectivity index (χ1) is 42.9. The molecule has 2 unspecified atom stereocenters. The van der Waals surface area contributed by atoms with Crippen molar-refractivity contribution in [2.75, 3.05) is 39.5 Å². The lowest BCUT2D eigenvalue weighted by Crippen LogP contribution is -2.47. The highest BCUT2D eigenvalue weighted by Crippen LogP contribution is 2.27. The van der Waals surface area contributed by atoms with Gasteiger partial charge in [-0.25, -0.2) is 0 Å². The van der Waals surface area contributed by atoms with Crippen LogP contribution in [0.1, 0.15) is 269 Å². The van der Waals surface area contributed by atoms with Crippen LogP contribution in [-0.2, 0) is 32.1 Å². The van der Waals surface area contributed by atoms with Crippen LogP contribution in [-0.4, -0.2) is 102 Å². The van der Waals surface area contributed by atoms with Gasteiger partial charge in [-0.3, -0.25) is 35.1 Å². The predicted molar refractivity (Wildman–Crippen MR) is 359 cm³/mol. The van der Waals surface area contributed by atoms with Gasteiger partial charge in [-0.15, -0.1) is 0 Å². The summed E-state index contributed by atoms with van der Waals surface area (Å²) in [5.41, 5.74) is 11.3. The molecule has 0 heterocycles. The molecule has 502 valence electrons. The first-order valence-electron chi connectivity index (χ1n) is 33.7. The number of hydrogen-bond donors (Lipinski definition) is 7. The first-order valence-corrected chi connectivity index (χ1v) is 33.7. The van der Waals surface area contributed by atoms with Crippen molar-refractivity contribution in [2.45, 2.75) is 263 Å². The quantitative estimate of drug-likeness (QED) is 0.00937. The number of nitrogens with two attached hydrogens (primary N) is 1. The highest BCUT2D eigenvalue weighted by Gasteiger charge is 2.44. The number of rotatable bonds is 47. The molecule has 0 spiro atoms. The molecule has 0 amide bonds. The smallest absolute Gasteiger partial charge is 0.270 e. The van der Waals surface area contributed by atoms with E-state index < -0.39 is 51.3 Å². The summed E-state index contributed by atoms with van der Waals surface area (Å²) < 4.78 is 0. The molecule has 0 saturated heterocycles. The number of benzene rings is 4. The van der Waals surface area contributed by atoms with Crippen LogP contribution >= 0.6 is 0 Å². The van der Waals surface area contributed by atoms with Crippen LogP contribution in [0.2, 0.25) is 0 Å². The largest absolute Gasteiger partial charge is 0.394 e. The number of nitrogens with zero attached hydrogens (tertiary/aromatic N) is 3. The minimum atomic E-state index is -1.92. The summed E-state index contributed by atoms with van der Waals surface area (Å²) in [6.45, 7) is 6.41. The molecule has 17 heteroatoms. The van der Waals surface area contributed by atoms with Crippen molar-refractivity contribution in [1.82, 2.24) is 0 Å². The molecule has 4 aromatic carbocycles. The third-order valence-electron chi connectivity index (χ3n) is 16.5. The molecule has 89 heavy (non-hydrogen) atoms. The molecule has 0 saturated carbocycles. The van der Waals surface area contributed by atoms with E-state index in [2.05, 4.69) is 52.0 Å². The Labute approximate surface area is 533 Å². The van der Waals surface area contributed by atoms with Crippen LogP contribution in [0.3, 0.4) is 0 Å². The Bertz CT molecular complexity index is 2400. The van der Waals surface area contributed by atoms with Crippen molar-refractivity contribution < 1.29 is 50.2 Å². The number of carbonyl (C=O) groups is 1. The normalized spacial score (nSPS) is 11.9. The van der Waals surface area contributed by atoms with E-state index in [4.69, 9.17) is 5.73 Å². The zero-order valence-electron chi connectivity index (χ0n) is 54.9. The van der Waals surface area contributed by atoms with E-state index >= 15 is 0 Å². The number of aliphatic hydroxyl groups is 6. The Kier molecular flexibility index (Phi) is 46.8. The summed E-state index contributed by atoms with van der Waals surface area (Å²) in [4.78, 5) is 41.8. The average molecular weight is 1250 g/mol. The number of nitro groups is 3. The summed E-state index contributed by atoms with van der Waals surface area (Å²) in [7, 11) is 0. The van der Waals surface area contributed by atoms with Gasteiger partial charge < -0.3 is 36.4 Å².